The summed E-state index contributed by atoms with van der Waals surface area (Å²) >= 11 is 0. The number of nitrogens with zero attached hydrogens (tertiary/aromatic N) is 3. The van der Waals surface area contributed by atoms with Crippen LogP contribution < -0.4 is 4.90 Å². The number of hydrogen-bond acceptors (Lipinski definition) is 3. The Bertz CT molecular complexity index is 976. The van der Waals surface area contributed by atoms with E-state index in [0.29, 0.717) is 38.4 Å². The molecule has 1 aromatic heterocycles. The molecule has 7 heteroatoms. The lowest BCUT2D eigenvalue weighted by Gasteiger charge is -2.36. The Morgan fingerprint density at radius 2 is 1.41 bits per heavy atom. The van der Waals surface area contributed by atoms with Crippen LogP contribution in [-0.4, -0.2) is 42.0 Å². The normalized spacial score (nSPS) is 14.6. The largest absolute Gasteiger partial charge is 0.417 e. The molecule has 3 aromatic rings. The smallest absolute Gasteiger partial charge is 0.353 e. The van der Waals surface area contributed by atoms with Crippen molar-refractivity contribution in [2.45, 2.75) is 18.5 Å². The van der Waals surface area contributed by atoms with Crippen LogP contribution in [0.4, 0.5) is 19.0 Å². The minimum Gasteiger partial charge on any atom is -0.353 e. The standard InChI is InChI=1S/C25H24F3N3O/c26-25(27,28)21-11-12-23(29-18-21)30-13-15-31(16-14-30)24(32)17-22(19-7-3-1-4-8-19)20-9-5-2-6-10-20/h1-12,18,22H,13-17H2. The molecule has 166 valence electrons. The Labute approximate surface area is 185 Å². The van der Waals surface area contributed by atoms with Crippen molar-refractivity contribution in [2.75, 3.05) is 31.1 Å². The second kappa shape index (κ2) is 9.42. The van der Waals surface area contributed by atoms with E-state index >= 15 is 0 Å². The Morgan fingerprint density at radius 3 is 1.88 bits per heavy atom. The second-order valence-corrected chi connectivity index (χ2v) is 7.85. The quantitative estimate of drug-likeness (QED) is 0.563. The maximum atomic E-state index is 13.1. The maximum Gasteiger partial charge on any atom is 0.417 e. The third-order valence-corrected chi connectivity index (χ3v) is 5.81. The number of piperazine rings is 1. The zero-order valence-electron chi connectivity index (χ0n) is 17.5. The Morgan fingerprint density at radius 1 is 0.844 bits per heavy atom. The predicted molar refractivity (Wildman–Crippen MR) is 117 cm³/mol. The van der Waals surface area contributed by atoms with Crippen molar-refractivity contribution >= 4 is 11.7 Å². The molecule has 32 heavy (non-hydrogen) atoms. The van der Waals surface area contributed by atoms with E-state index in [-0.39, 0.29) is 11.8 Å². The van der Waals surface area contributed by atoms with E-state index in [0.717, 1.165) is 23.4 Å². The van der Waals surface area contributed by atoms with Crippen LogP contribution >= 0.6 is 0 Å². The number of alkyl halides is 3. The fraction of sp³-hybridized carbons (Fsp3) is 0.280. The van der Waals surface area contributed by atoms with Crippen molar-refractivity contribution < 1.29 is 18.0 Å². The summed E-state index contributed by atoms with van der Waals surface area (Å²) < 4.78 is 38.3. The Hall–Kier alpha value is -3.35. The van der Waals surface area contributed by atoms with Crippen LogP contribution in [0.2, 0.25) is 0 Å². The van der Waals surface area contributed by atoms with Gasteiger partial charge in [-0.25, -0.2) is 4.98 Å². The van der Waals surface area contributed by atoms with Crippen molar-refractivity contribution in [3.05, 3.63) is 95.7 Å². The molecule has 1 saturated heterocycles. The molecule has 0 bridgehead atoms. The fourth-order valence-electron chi connectivity index (χ4n) is 4.03. The first-order chi connectivity index (χ1) is 15.4. The zero-order valence-corrected chi connectivity index (χ0v) is 17.5. The van der Waals surface area contributed by atoms with E-state index in [1.54, 1.807) is 0 Å². The van der Waals surface area contributed by atoms with Crippen LogP contribution in [0.5, 0.6) is 0 Å². The van der Waals surface area contributed by atoms with E-state index in [9.17, 15) is 18.0 Å². The summed E-state index contributed by atoms with van der Waals surface area (Å²) in [5.41, 5.74) is 1.43. The Kier molecular flexibility index (Phi) is 6.44. The van der Waals surface area contributed by atoms with Crippen molar-refractivity contribution in [3.8, 4) is 0 Å². The summed E-state index contributed by atoms with van der Waals surface area (Å²) in [6.45, 7) is 2.09. The number of benzene rings is 2. The highest BCUT2D eigenvalue weighted by atomic mass is 19.4. The highest BCUT2D eigenvalue weighted by Gasteiger charge is 2.31. The molecule has 2 heterocycles. The van der Waals surface area contributed by atoms with Gasteiger partial charge >= 0.3 is 6.18 Å². The number of rotatable bonds is 5. The molecule has 4 nitrogen and oxygen atoms in total. The van der Waals surface area contributed by atoms with Crippen molar-refractivity contribution in [3.63, 3.8) is 0 Å². The number of carbonyl (C=O) groups excluding carboxylic acids is 1. The number of hydrogen-bond donors (Lipinski definition) is 0. The van der Waals surface area contributed by atoms with Crippen LogP contribution in [0, 0.1) is 0 Å². The van der Waals surface area contributed by atoms with Crippen molar-refractivity contribution in [2.24, 2.45) is 0 Å². The lowest BCUT2D eigenvalue weighted by molar-refractivity contribution is -0.138. The average Bonchev–Trinajstić information content (AvgIpc) is 2.83. The van der Waals surface area contributed by atoms with Gasteiger partial charge in [-0.15, -0.1) is 0 Å². The summed E-state index contributed by atoms with van der Waals surface area (Å²) in [6, 6.07) is 22.4. The molecular weight excluding hydrogens is 415 g/mol. The SMILES string of the molecule is O=C(CC(c1ccccc1)c1ccccc1)N1CCN(c2ccc(C(F)(F)F)cn2)CC1. The van der Waals surface area contributed by atoms with Gasteiger partial charge in [0.25, 0.3) is 0 Å². The monoisotopic (exact) mass is 439 g/mol. The van der Waals surface area contributed by atoms with Gasteiger partial charge in [-0.2, -0.15) is 13.2 Å². The highest BCUT2D eigenvalue weighted by Crippen LogP contribution is 2.30. The molecule has 1 aliphatic heterocycles. The zero-order chi connectivity index (χ0) is 22.6. The number of pyridine rings is 1. The van der Waals surface area contributed by atoms with Gasteiger partial charge in [-0.05, 0) is 23.3 Å². The summed E-state index contributed by atoms with van der Waals surface area (Å²) in [6.07, 6.45) is -3.17. The van der Waals surface area contributed by atoms with Gasteiger partial charge in [-0.1, -0.05) is 60.7 Å². The Balaban J connectivity index is 1.40. The molecule has 0 unspecified atom stereocenters. The van der Waals surface area contributed by atoms with Gasteiger partial charge in [0.2, 0.25) is 5.91 Å². The summed E-state index contributed by atoms with van der Waals surface area (Å²) in [4.78, 5) is 20.8. The molecule has 2 aromatic carbocycles. The molecule has 1 amide bonds. The first-order valence-electron chi connectivity index (χ1n) is 10.6. The van der Waals surface area contributed by atoms with Crippen molar-refractivity contribution in [1.82, 2.24) is 9.88 Å². The second-order valence-electron chi connectivity index (χ2n) is 7.85. The van der Waals surface area contributed by atoms with Crippen LogP contribution in [-0.2, 0) is 11.0 Å². The molecular formula is C25H24F3N3O. The molecule has 0 atom stereocenters. The fourth-order valence-corrected chi connectivity index (χ4v) is 4.03. The minimum atomic E-state index is -4.40. The van der Waals surface area contributed by atoms with E-state index in [1.165, 1.54) is 6.07 Å². The van der Waals surface area contributed by atoms with Crippen LogP contribution in [0.25, 0.3) is 0 Å². The molecule has 0 N–H and O–H groups in total. The molecule has 0 saturated carbocycles. The molecule has 4 rings (SSSR count). The lowest BCUT2D eigenvalue weighted by Crippen LogP contribution is -2.49. The van der Waals surface area contributed by atoms with Gasteiger partial charge < -0.3 is 9.80 Å². The van der Waals surface area contributed by atoms with Crippen LogP contribution in [0.15, 0.2) is 79.0 Å². The van der Waals surface area contributed by atoms with E-state index < -0.39 is 11.7 Å². The summed E-state index contributed by atoms with van der Waals surface area (Å²) in [7, 11) is 0. The number of halogens is 3. The minimum absolute atomic E-state index is 0.0282. The predicted octanol–water partition coefficient (Wildman–Crippen LogP) is 4.97. The topological polar surface area (TPSA) is 36.4 Å². The first-order valence-corrected chi connectivity index (χ1v) is 10.6. The number of carbonyl (C=O) groups is 1. The van der Waals surface area contributed by atoms with Crippen molar-refractivity contribution in [1.29, 1.82) is 0 Å². The summed E-state index contributed by atoms with van der Waals surface area (Å²) in [5.74, 6) is 0.541. The van der Waals surface area contributed by atoms with Gasteiger partial charge in [0.1, 0.15) is 5.82 Å². The van der Waals surface area contributed by atoms with E-state index in [1.807, 2.05) is 70.5 Å². The van der Waals surface area contributed by atoms with Crippen LogP contribution in [0.3, 0.4) is 0 Å². The van der Waals surface area contributed by atoms with Gasteiger partial charge in [0.05, 0.1) is 5.56 Å². The lowest BCUT2D eigenvalue weighted by atomic mass is 9.88. The maximum absolute atomic E-state index is 13.1. The van der Waals surface area contributed by atoms with Crippen LogP contribution in [0.1, 0.15) is 29.0 Å². The van der Waals surface area contributed by atoms with E-state index in [2.05, 4.69) is 4.98 Å². The van der Waals surface area contributed by atoms with Gasteiger partial charge in [0.15, 0.2) is 0 Å². The molecule has 0 radical (unpaired) electrons. The highest BCUT2D eigenvalue weighted by molar-refractivity contribution is 5.78. The third kappa shape index (κ3) is 5.10. The molecule has 0 aliphatic carbocycles. The average molecular weight is 439 g/mol. The van der Waals surface area contributed by atoms with Gasteiger partial charge in [-0.3, -0.25) is 4.79 Å². The third-order valence-electron chi connectivity index (χ3n) is 5.81. The molecule has 0 spiro atoms. The number of amides is 1. The first kappa shape index (κ1) is 21.9. The molecule has 1 aliphatic rings. The number of aromatic nitrogens is 1. The molecule has 1 fully saturated rings. The number of anilines is 1. The summed E-state index contributed by atoms with van der Waals surface area (Å²) in [5, 5.41) is 0. The van der Waals surface area contributed by atoms with Gasteiger partial charge in [0, 0.05) is 44.7 Å². The van der Waals surface area contributed by atoms with E-state index in [4.69, 9.17) is 0 Å².